The first-order valence-corrected chi connectivity index (χ1v) is 7.56. The molecule has 0 radical (unpaired) electrons. The zero-order chi connectivity index (χ0) is 17.9. The molecule has 0 unspecified atom stereocenters. The average molecular weight is 330 g/mol. The van der Waals surface area contributed by atoms with Crippen molar-refractivity contribution in [2.75, 3.05) is 26.0 Å². The van der Waals surface area contributed by atoms with Gasteiger partial charge in [-0.05, 0) is 17.7 Å². The zero-order valence-electron chi connectivity index (χ0n) is 14.4. The van der Waals surface area contributed by atoms with E-state index in [9.17, 15) is 14.4 Å². The number of likely N-dealkylation sites (N-methyl/N-ethyl adjacent to an activating group) is 1. The molecule has 0 aliphatic heterocycles. The van der Waals surface area contributed by atoms with Crippen molar-refractivity contribution in [3.8, 4) is 0 Å². The van der Waals surface area contributed by atoms with Crippen LogP contribution in [0.25, 0.3) is 0 Å². The van der Waals surface area contributed by atoms with E-state index in [-0.39, 0.29) is 12.5 Å². The molecule has 0 fully saturated rings. The van der Waals surface area contributed by atoms with Gasteiger partial charge in [-0.1, -0.05) is 12.1 Å². The highest BCUT2D eigenvalue weighted by Crippen LogP contribution is 2.13. The second kappa shape index (κ2) is 7.16. The van der Waals surface area contributed by atoms with Gasteiger partial charge < -0.3 is 9.80 Å². The Bertz CT molecular complexity index is 834. The summed E-state index contributed by atoms with van der Waals surface area (Å²) in [5.41, 5.74) is 1.20. The molecule has 0 atom stereocenters. The van der Waals surface area contributed by atoms with E-state index in [2.05, 4.69) is 0 Å². The molecule has 2 rings (SSSR count). The summed E-state index contributed by atoms with van der Waals surface area (Å²) in [5.74, 6) is -0.201. The minimum Gasteiger partial charge on any atom is -0.378 e. The van der Waals surface area contributed by atoms with Crippen LogP contribution in [0.15, 0.2) is 46.1 Å². The summed E-state index contributed by atoms with van der Waals surface area (Å²) >= 11 is 0. The highest BCUT2D eigenvalue weighted by molar-refractivity contribution is 5.75. The van der Waals surface area contributed by atoms with E-state index in [4.69, 9.17) is 0 Å². The van der Waals surface area contributed by atoms with Gasteiger partial charge in [0.25, 0.3) is 5.56 Å². The molecule has 0 spiro atoms. The number of carbonyl (C=O) groups excluding carboxylic acids is 1. The van der Waals surface area contributed by atoms with E-state index >= 15 is 0 Å². The third-order valence-corrected chi connectivity index (χ3v) is 3.86. The predicted octanol–water partition coefficient (Wildman–Crippen LogP) is 0.272. The Morgan fingerprint density at radius 1 is 1.04 bits per heavy atom. The van der Waals surface area contributed by atoms with E-state index in [1.807, 2.05) is 43.3 Å². The van der Waals surface area contributed by atoms with Crippen LogP contribution < -0.4 is 16.1 Å². The van der Waals surface area contributed by atoms with Gasteiger partial charge in [0.2, 0.25) is 5.91 Å². The molecule has 1 aromatic heterocycles. The maximum absolute atomic E-state index is 12.3. The van der Waals surface area contributed by atoms with E-state index in [1.54, 1.807) is 11.9 Å². The summed E-state index contributed by atoms with van der Waals surface area (Å²) in [7, 11) is 7.02. The largest absolute Gasteiger partial charge is 0.378 e. The van der Waals surface area contributed by atoms with E-state index in [0.29, 0.717) is 6.54 Å². The van der Waals surface area contributed by atoms with Crippen LogP contribution in [0.5, 0.6) is 0 Å². The summed E-state index contributed by atoms with van der Waals surface area (Å²) in [5, 5.41) is 0. The Balaban J connectivity index is 2.06. The summed E-state index contributed by atoms with van der Waals surface area (Å²) in [6, 6.07) is 9.19. The highest BCUT2D eigenvalue weighted by Gasteiger charge is 2.12. The fourth-order valence-corrected chi connectivity index (χ4v) is 2.26. The lowest BCUT2D eigenvalue weighted by molar-refractivity contribution is -0.131. The fourth-order valence-electron chi connectivity index (χ4n) is 2.26. The molecule has 0 saturated heterocycles. The van der Waals surface area contributed by atoms with E-state index in [0.717, 1.165) is 15.8 Å². The van der Waals surface area contributed by atoms with Gasteiger partial charge in [0.1, 0.15) is 6.54 Å². The van der Waals surface area contributed by atoms with Crippen molar-refractivity contribution >= 4 is 11.6 Å². The minimum atomic E-state index is -0.500. The van der Waals surface area contributed by atoms with Crippen molar-refractivity contribution < 1.29 is 4.79 Å². The van der Waals surface area contributed by atoms with Gasteiger partial charge in [-0.3, -0.25) is 18.7 Å². The van der Waals surface area contributed by atoms with Gasteiger partial charge >= 0.3 is 5.69 Å². The van der Waals surface area contributed by atoms with E-state index < -0.39 is 11.2 Å². The van der Waals surface area contributed by atoms with Crippen LogP contribution in [0.4, 0.5) is 5.69 Å². The number of hydrogen-bond acceptors (Lipinski definition) is 4. The normalized spacial score (nSPS) is 10.5. The van der Waals surface area contributed by atoms with Crippen LogP contribution in [0.3, 0.4) is 0 Å². The standard InChI is InChI=1S/C17H22N4O3/c1-18(2)14-7-5-13(6-8-14)11-19(3)16(23)12-21-10-9-15(22)20(4)17(21)24/h5-10H,11-12H2,1-4H3. The van der Waals surface area contributed by atoms with Crippen molar-refractivity contribution in [1.29, 1.82) is 0 Å². The van der Waals surface area contributed by atoms with Gasteiger partial charge in [-0.15, -0.1) is 0 Å². The molecule has 7 heteroatoms. The monoisotopic (exact) mass is 330 g/mol. The van der Waals surface area contributed by atoms with Gasteiger partial charge in [0.05, 0.1) is 0 Å². The zero-order valence-corrected chi connectivity index (χ0v) is 14.4. The molecule has 2 aromatic rings. The van der Waals surface area contributed by atoms with E-state index in [1.165, 1.54) is 23.9 Å². The molecular formula is C17H22N4O3. The fraction of sp³-hybridized carbons (Fsp3) is 0.353. The second-order valence-corrected chi connectivity index (χ2v) is 5.93. The highest BCUT2D eigenvalue weighted by atomic mass is 16.2. The first-order chi connectivity index (χ1) is 11.3. The molecular weight excluding hydrogens is 308 g/mol. The molecule has 7 nitrogen and oxygen atoms in total. The van der Waals surface area contributed by atoms with Gasteiger partial charge in [0, 0.05) is 52.7 Å². The SMILES string of the molecule is CN(Cc1ccc(N(C)C)cc1)C(=O)Cn1ccc(=O)n(C)c1=O. The molecule has 128 valence electrons. The summed E-state index contributed by atoms with van der Waals surface area (Å²) in [6.45, 7) is 0.353. The van der Waals surface area contributed by atoms with Crippen LogP contribution in [0.2, 0.25) is 0 Å². The lowest BCUT2D eigenvalue weighted by Crippen LogP contribution is -2.40. The average Bonchev–Trinajstić information content (AvgIpc) is 2.55. The smallest absolute Gasteiger partial charge is 0.331 e. The third kappa shape index (κ3) is 3.92. The Labute approximate surface area is 140 Å². The number of nitrogens with zero attached hydrogens (tertiary/aromatic N) is 4. The number of aromatic nitrogens is 2. The first kappa shape index (κ1) is 17.5. The molecule has 24 heavy (non-hydrogen) atoms. The number of benzene rings is 1. The number of hydrogen-bond donors (Lipinski definition) is 0. The van der Waals surface area contributed by atoms with Crippen LogP contribution in [0.1, 0.15) is 5.56 Å². The Kier molecular flexibility index (Phi) is 5.23. The summed E-state index contributed by atoms with van der Waals surface area (Å²) in [6.07, 6.45) is 1.35. The van der Waals surface area contributed by atoms with Gasteiger partial charge in [-0.2, -0.15) is 0 Å². The van der Waals surface area contributed by atoms with Crippen molar-refractivity contribution in [1.82, 2.24) is 14.0 Å². The Morgan fingerprint density at radius 2 is 1.67 bits per heavy atom. The number of carbonyl (C=O) groups is 1. The molecule has 0 aliphatic rings. The minimum absolute atomic E-state index is 0.0980. The summed E-state index contributed by atoms with van der Waals surface area (Å²) < 4.78 is 2.21. The van der Waals surface area contributed by atoms with Gasteiger partial charge in [-0.25, -0.2) is 4.79 Å². The maximum Gasteiger partial charge on any atom is 0.331 e. The predicted molar refractivity (Wildman–Crippen MR) is 93.2 cm³/mol. The van der Waals surface area contributed by atoms with Crippen LogP contribution in [0, 0.1) is 0 Å². The second-order valence-electron chi connectivity index (χ2n) is 5.93. The van der Waals surface area contributed by atoms with Crippen molar-refractivity contribution in [3.05, 3.63) is 62.9 Å². The van der Waals surface area contributed by atoms with Crippen LogP contribution in [-0.4, -0.2) is 41.1 Å². The summed E-state index contributed by atoms with van der Waals surface area (Å²) in [4.78, 5) is 39.2. The molecule has 1 aromatic carbocycles. The first-order valence-electron chi connectivity index (χ1n) is 7.56. The van der Waals surface area contributed by atoms with Crippen LogP contribution in [-0.2, 0) is 24.9 Å². The van der Waals surface area contributed by atoms with Crippen LogP contribution >= 0.6 is 0 Å². The molecule has 0 saturated carbocycles. The topological polar surface area (TPSA) is 67.5 Å². The molecule has 0 aliphatic carbocycles. The van der Waals surface area contributed by atoms with Gasteiger partial charge in [0.15, 0.2) is 0 Å². The molecule has 1 amide bonds. The maximum atomic E-state index is 12.3. The number of anilines is 1. The Morgan fingerprint density at radius 3 is 2.25 bits per heavy atom. The van der Waals surface area contributed by atoms with Crippen molar-refractivity contribution in [2.45, 2.75) is 13.1 Å². The number of amides is 1. The third-order valence-electron chi connectivity index (χ3n) is 3.86. The lowest BCUT2D eigenvalue weighted by atomic mass is 10.2. The molecule has 1 heterocycles. The molecule has 0 N–H and O–H groups in total. The molecule has 0 bridgehead atoms. The lowest BCUT2D eigenvalue weighted by Gasteiger charge is -2.19. The van der Waals surface area contributed by atoms with Crippen molar-refractivity contribution in [3.63, 3.8) is 0 Å². The Hall–Kier alpha value is -2.83. The number of rotatable bonds is 5. The van der Waals surface area contributed by atoms with Crippen molar-refractivity contribution in [2.24, 2.45) is 7.05 Å². The quantitative estimate of drug-likeness (QED) is 0.789.